The van der Waals surface area contributed by atoms with Gasteiger partial charge >= 0.3 is 0 Å². The van der Waals surface area contributed by atoms with Crippen molar-refractivity contribution in [3.63, 3.8) is 0 Å². The molecule has 25 heavy (non-hydrogen) atoms. The molecule has 1 unspecified atom stereocenters. The highest BCUT2D eigenvalue weighted by molar-refractivity contribution is 5.38. The number of nitrogens with one attached hydrogen (secondary N) is 1. The van der Waals surface area contributed by atoms with Gasteiger partial charge < -0.3 is 19.9 Å². The van der Waals surface area contributed by atoms with Crippen molar-refractivity contribution in [2.45, 2.75) is 31.8 Å². The highest BCUT2D eigenvalue weighted by atomic mass is 16.5. The maximum atomic E-state index is 9.33. The summed E-state index contributed by atoms with van der Waals surface area (Å²) in [6.07, 6.45) is 1.76. The summed E-state index contributed by atoms with van der Waals surface area (Å²) in [6, 6.07) is 16.6. The molecule has 0 aliphatic heterocycles. The molecule has 0 aliphatic rings. The second-order valence-electron chi connectivity index (χ2n) is 6.29. The van der Waals surface area contributed by atoms with E-state index in [1.165, 1.54) is 11.1 Å². The van der Waals surface area contributed by atoms with Crippen molar-refractivity contribution in [1.82, 2.24) is 5.32 Å². The quantitative estimate of drug-likeness (QED) is 0.647. The molecule has 136 valence electrons. The van der Waals surface area contributed by atoms with E-state index in [2.05, 4.69) is 29.6 Å². The summed E-state index contributed by atoms with van der Waals surface area (Å²) in [4.78, 5) is 0. The molecule has 4 heteroatoms. The van der Waals surface area contributed by atoms with Gasteiger partial charge in [0.15, 0.2) is 0 Å². The van der Waals surface area contributed by atoms with E-state index in [1.54, 1.807) is 21.1 Å². The Morgan fingerprint density at radius 3 is 1.76 bits per heavy atom. The Labute approximate surface area is 150 Å². The molecule has 4 nitrogen and oxygen atoms in total. The van der Waals surface area contributed by atoms with E-state index in [1.807, 2.05) is 24.3 Å². The second-order valence-corrected chi connectivity index (χ2v) is 6.29. The number of methoxy groups -OCH3 is 2. The first-order chi connectivity index (χ1) is 12.1. The van der Waals surface area contributed by atoms with E-state index in [0.717, 1.165) is 30.9 Å². The van der Waals surface area contributed by atoms with Gasteiger partial charge in [-0.3, -0.25) is 0 Å². The Morgan fingerprint density at radius 2 is 1.36 bits per heavy atom. The molecule has 1 atom stereocenters. The summed E-state index contributed by atoms with van der Waals surface area (Å²) in [5.74, 6) is 2.07. The molecule has 2 rings (SSSR count). The smallest absolute Gasteiger partial charge is 0.118 e. The maximum absolute atomic E-state index is 9.33. The Balaban J connectivity index is 2.09. The number of aliphatic hydroxyl groups is 1. The van der Waals surface area contributed by atoms with E-state index < -0.39 is 0 Å². The van der Waals surface area contributed by atoms with Crippen LogP contribution in [0.4, 0.5) is 0 Å². The highest BCUT2D eigenvalue weighted by Crippen LogP contribution is 2.31. The van der Waals surface area contributed by atoms with Crippen LogP contribution in [0.2, 0.25) is 0 Å². The summed E-state index contributed by atoms with van der Waals surface area (Å²) in [5, 5.41) is 12.6. The minimum absolute atomic E-state index is 0.307. The summed E-state index contributed by atoms with van der Waals surface area (Å²) in [5.41, 5.74) is 2.56. The SMILES string of the molecule is COc1ccc(C(CCCNCC(C)O)c2ccc(OC)cc2)cc1. The molecule has 2 N–H and O–H groups in total. The Bertz CT molecular complexity index is 561. The van der Waals surface area contributed by atoms with Gasteiger partial charge in [-0.1, -0.05) is 24.3 Å². The van der Waals surface area contributed by atoms with E-state index >= 15 is 0 Å². The van der Waals surface area contributed by atoms with Crippen molar-refractivity contribution in [1.29, 1.82) is 0 Å². The molecule has 0 amide bonds. The first kappa shape index (κ1) is 19.3. The number of rotatable bonds is 10. The van der Waals surface area contributed by atoms with Crippen molar-refractivity contribution >= 4 is 0 Å². The number of hydrogen-bond acceptors (Lipinski definition) is 4. The molecule has 0 fully saturated rings. The molecule has 0 heterocycles. The number of aliphatic hydroxyl groups excluding tert-OH is 1. The van der Waals surface area contributed by atoms with Gasteiger partial charge in [0.2, 0.25) is 0 Å². The monoisotopic (exact) mass is 343 g/mol. The normalized spacial score (nSPS) is 12.2. The van der Waals surface area contributed by atoms with Crippen molar-refractivity contribution < 1.29 is 14.6 Å². The van der Waals surface area contributed by atoms with Crippen LogP contribution in [0.15, 0.2) is 48.5 Å². The van der Waals surface area contributed by atoms with Crippen LogP contribution in [-0.2, 0) is 0 Å². The van der Waals surface area contributed by atoms with Crippen LogP contribution < -0.4 is 14.8 Å². The lowest BCUT2D eigenvalue weighted by Gasteiger charge is -2.19. The molecule has 0 aliphatic carbocycles. The molecular formula is C21H29NO3. The van der Waals surface area contributed by atoms with Crippen LogP contribution >= 0.6 is 0 Å². The zero-order valence-corrected chi connectivity index (χ0v) is 15.4. The largest absolute Gasteiger partial charge is 0.497 e. The van der Waals surface area contributed by atoms with E-state index in [9.17, 15) is 5.11 Å². The molecule has 0 radical (unpaired) electrons. The zero-order valence-electron chi connectivity index (χ0n) is 15.4. The van der Waals surface area contributed by atoms with E-state index in [-0.39, 0.29) is 6.10 Å². The Kier molecular flexibility index (Phi) is 7.76. The average Bonchev–Trinajstić information content (AvgIpc) is 2.65. The molecule has 0 aromatic heterocycles. The molecule has 0 saturated carbocycles. The van der Waals surface area contributed by atoms with E-state index in [4.69, 9.17) is 9.47 Å². The zero-order chi connectivity index (χ0) is 18.1. The van der Waals surface area contributed by atoms with Gasteiger partial charge in [0.1, 0.15) is 11.5 Å². The molecule has 0 spiro atoms. The van der Waals surface area contributed by atoms with Crippen LogP contribution in [0.1, 0.15) is 36.8 Å². The van der Waals surface area contributed by atoms with Crippen molar-refractivity contribution in [3.8, 4) is 11.5 Å². The van der Waals surface area contributed by atoms with Gasteiger partial charge in [0, 0.05) is 12.5 Å². The predicted octanol–water partition coefficient (Wildman–Crippen LogP) is 3.59. The first-order valence-corrected chi connectivity index (χ1v) is 8.80. The third kappa shape index (κ3) is 6.07. The lowest BCUT2D eigenvalue weighted by molar-refractivity contribution is 0.191. The Hall–Kier alpha value is -2.04. The number of hydrogen-bond donors (Lipinski definition) is 2. The second kappa shape index (κ2) is 10.1. The van der Waals surface area contributed by atoms with Gasteiger partial charge in [-0.05, 0) is 61.7 Å². The molecule has 0 bridgehead atoms. The van der Waals surface area contributed by atoms with Crippen LogP contribution in [0.5, 0.6) is 11.5 Å². The minimum atomic E-state index is -0.307. The topological polar surface area (TPSA) is 50.7 Å². The maximum Gasteiger partial charge on any atom is 0.118 e. The van der Waals surface area contributed by atoms with Crippen LogP contribution in [0, 0.1) is 0 Å². The van der Waals surface area contributed by atoms with Crippen LogP contribution in [0.25, 0.3) is 0 Å². The van der Waals surface area contributed by atoms with Gasteiger partial charge in [0.25, 0.3) is 0 Å². The fourth-order valence-corrected chi connectivity index (χ4v) is 2.94. The molecule has 2 aromatic rings. The standard InChI is InChI=1S/C21H29NO3/c1-16(23)15-22-14-4-5-21(17-6-10-19(24-2)11-7-17)18-8-12-20(25-3)13-9-18/h6-13,16,21-23H,4-5,14-15H2,1-3H3. The van der Waals surface area contributed by atoms with Gasteiger partial charge in [-0.15, -0.1) is 0 Å². The van der Waals surface area contributed by atoms with Crippen molar-refractivity contribution in [3.05, 3.63) is 59.7 Å². The van der Waals surface area contributed by atoms with Gasteiger partial charge in [-0.2, -0.15) is 0 Å². The lowest BCUT2D eigenvalue weighted by atomic mass is 9.87. The third-order valence-electron chi connectivity index (χ3n) is 4.32. The first-order valence-electron chi connectivity index (χ1n) is 8.80. The fourth-order valence-electron chi connectivity index (χ4n) is 2.94. The summed E-state index contributed by atoms with van der Waals surface area (Å²) < 4.78 is 10.5. The summed E-state index contributed by atoms with van der Waals surface area (Å²) in [6.45, 7) is 3.33. The number of ether oxygens (including phenoxy) is 2. The third-order valence-corrected chi connectivity index (χ3v) is 4.32. The summed E-state index contributed by atoms with van der Waals surface area (Å²) in [7, 11) is 3.37. The predicted molar refractivity (Wildman–Crippen MR) is 102 cm³/mol. The molecule has 0 saturated heterocycles. The van der Waals surface area contributed by atoms with Crippen molar-refractivity contribution in [2.24, 2.45) is 0 Å². The van der Waals surface area contributed by atoms with Crippen LogP contribution in [0.3, 0.4) is 0 Å². The van der Waals surface area contributed by atoms with Gasteiger partial charge in [-0.25, -0.2) is 0 Å². The van der Waals surface area contributed by atoms with Crippen LogP contribution in [-0.4, -0.2) is 38.5 Å². The van der Waals surface area contributed by atoms with E-state index in [0.29, 0.717) is 12.5 Å². The fraction of sp³-hybridized carbons (Fsp3) is 0.429. The van der Waals surface area contributed by atoms with Gasteiger partial charge in [0.05, 0.1) is 20.3 Å². The Morgan fingerprint density at radius 1 is 0.880 bits per heavy atom. The van der Waals surface area contributed by atoms with Crippen molar-refractivity contribution in [2.75, 3.05) is 27.3 Å². The highest BCUT2D eigenvalue weighted by Gasteiger charge is 2.14. The lowest BCUT2D eigenvalue weighted by Crippen LogP contribution is -2.25. The summed E-state index contributed by atoms with van der Waals surface area (Å²) >= 11 is 0. The average molecular weight is 343 g/mol. The number of benzene rings is 2. The molecular weight excluding hydrogens is 314 g/mol. The minimum Gasteiger partial charge on any atom is -0.497 e. The molecule has 2 aromatic carbocycles.